The molecule has 21 heavy (non-hydrogen) atoms. The van der Waals surface area contributed by atoms with E-state index in [1.54, 1.807) is 6.07 Å². The molecule has 3 nitrogen and oxygen atoms in total. The monoisotopic (exact) mass is 296 g/mol. The first-order valence-electron chi connectivity index (χ1n) is 6.95. The minimum Gasteiger partial charge on any atom is -0.298 e. The Morgan fingerprint density at radius 1 is 0.952 bits per heavy atom. The van der Waals surface area contributed by atoms with Crippen molar-refractivity contribution in [3.63, 3.8) is 0 Å². The molecule has 0 N–H and O–H groups in total. The van der Waals surface area contributed by atoms with Crippen molar-refractivity contribution in [2.75, 3.05) is 4.67 Å². The maximum Gasteiger partial charge on any atom is 0.176 e. The summed E-state index contributed by atoms with van der Waals surface area (Å²) in [6.07, 6.45) is 2.67. The molecule has 0 fully saturated rings. The zero-order chi connectivity index (χ0) is 15.3. The number of benzene rings is 2. The average molecular weight is 296 g/mol. The van der Waals surface area contributed by atoms with Crippen molar-refractivity contribution in [1.82, 2.24) is 0 Å². The third kappa shape index (κ3) is 4.13. The van der Waals surface area contributed by atoms with Crippen molar-refractivity contribution < 1.29 is 4.79 Å². The predicted molar refractivity (Wildman–Crippen MR) is 91.7 cm³/mol. The molecule has 4 heteroatoms. The number of carbonyl (C=O) groups is 1. The summed E-state index contributed by atoms with van der Waals surface area (Å²) >= 11 is 0. The molecule has 0 radical (unpaired) electrons. The fourth-order valence-corrected chi connectivity index (χ4v) is 3.36. The van der Waals surface area contributed by atoms with Crippen LogP contribution in [0.15, 0.2) is 59.7 Å². The van der Waals surface area contributed by atoms with Gasteiger partial charge < -0.3 is 0 Å². The van der Waals surface area contributed by atoms with Crippen LogP contribution in [-0.2, 0) is 0 Å². The lowest BCUT2D eigenvalue weighted by Gasteiger charge is -2.31. The zero-order valence-electron chi connectivity index (χ0n) is 12.7. The van der Waals surface area contributed by atoms with E-state index in [1.165, 1.54) is 0 Å². The van der Waals surface area contributed by atoms with Gasteiger partial charge in [-0.2, -0.15) is 5.10 Å². The van der Waals surface area contributed by atoms with Gasteiger partial charge in [0, 0.05) is 11.3 Å². The highest BCUT2D eigenvalue weighted by Gasteiger charge is 2.23. The van der Waals surface area contributed by atoms with Crippen LogP contribution in [-0.4, -0.2) is 20.7 Å². The number of aldehydes is 1. The minimum atomic E-state index is -1.64. The van der Waals surface area contributed by atoms with E-state index in [2.05, 4.69) is 41.5 Å². The number of hydrogen-bond donors (Lipinski definition) is 0. The van der Waals surface area contributed by atoms with E-state index in [-0.39, 0.29) is 0 Å². The predicted octanol–water partition coefficient (Wildman–Crippen LogP) is 4.17. The lowest BCUT2D eigenvalue weighted by molar-refractivity contribution is 0.112. The van der Waals surface area contributed by atoms with Gasteiger partial charge in [0.05, 0.1) is 6.21 Å². The Bertz CT molecular complexity index is 633. The second-order valence-electron chi connectivity index (χ2n) is 5.85. The number of anilines is 1. The van der Waals surface area contributed by atoms with Gasteiger partial charge in [0.25, 0.3) is 0 Å². The van der Waals surface area contributed by atoms with Crippen molar-refractivity contribution in [1.29, 1.82) is 0 Å². The fourth-order valence-electron chi connectivity index (χ4n) is 2.03. The molecule has 0 aliphatic carbocycles. The highest BCUT2D eigenvalue weighted by atomic mass is 28.3. The van der Waals surface area contributed by atoms with E-state index in [4.69, 9.17) is 0 Å². The first kappa shape index (κ1) is 15.2. The van der Waals surface area contributed by atoms with Crippen molar-refractivity contribution >= 4 is 26.4 Å². The van der Waals surface area contributed by atoms with Crippen LogP contribution in [0.5, 0.6) is 0 Å². The number of rotatable bonds is 5. The van der Waals surface area contributed by atoms with Gasteiger partial charge in [-0.3, -0.25) is 9.47 Å². The summed E-state index contributed by atoms with van der Waals surface area (Å²) in [6.45, 7) is 6.75. The van der Waals surface area contributed by atoms with Crippen LogP contribution < -0.4 is 4.67 Å². The molecular formula is C17H20N2OSi. The molecule has 0 spiro atoms. The summed E-state index contributed by atoms with van der Waals surface area (Å²) < 4.78 is 2.11. The third-order valence-corrected chi connectivity index (χ3v) is 4.65. The lowest BCUT2D eigenvalue weighted by Crippen LogP contribution is -2.42. The van der Waals surface area contributed by atoms with Gasteiger partial charge in [0.2, 0.25) is 0 Å². The van der Waals surface area contributed by atoms with Gasteiger partial charge >= 0.3 is 0 Å². The van der Waals surface area contributed by atoms with E-state index in [0.29, 0.717) is 5.56 Å². The molecular weight excluding hydrogens is 276 g/mol. The van der Waals surface area contributed by atoms with Gasteiger partial charge in [-0.1, -0.05) is 36.4 Å². The Hall–Kier alpha value is -2.20. The SMILES string of the molecule is C[Si](C)(C)N(/N=C/c1cccc(C=O)c1)c1ccccc1. The third-order valence-electron chi connectivity index (χ3n) is 3.01. The second kappa shape index (κ2) is 6.50. The summed E-state index contributed by atoms with van der Waals surface area (Å²) in [7, 11) is -1.64. The Kier molecular flexibility index (Phi) is 4.70. The van der Waals surface area contributed by atoms with Crippen LogP contribution >= 0.6 is 0 Å². The standard InChI is InChI=1S/C17H20N2OSi/c1-21(2,3)19(17-10-5-4-6-11-17)18-13-15-8-7-9-16(12-15)14-20/h4-14H,1-3H3/b18-13+. The van der Waals surface area contributed by atoms with Gasteiger partial charge in [0.1, 0.15) is 6.29 Å². The molecule has 0 heterocycles. The van der Waals surface area contributed by atoms with E-state index in [9.17, 15) is 4.79 Å². The highest BCUT2D eigenvalue weighted by molar-refractivity contribution is 6.79. The molecule has 0 aromatic heterocycles. The molecule has 0 atom stereocenters. The fraction of sp³-hybridized carbons (Fsp3) is 0.176. The Labute approximate surface area is 127 Å². The van der Waals surface area contributed by atoms with Crippen LogP contribution in [0.4, 0.5) is 5.69 Å². The molecule has 0 saturated heterocycles. The summed E-state index contributed by atoms with van der Waals surface area (Å²) in [5, 5.41) is 4.67. The zero-order valence-corrected chi connectivity index (χ0v) is 13.7. The van der Waals surface area contributed by atoms with Crippen LogP contribution in [0.3, 0.4) is 0 Å². The number of para-hydroxylation sites is 1. The maximum absolute atomic E-state index is 10.8. The maximum atomic E-state index is 10.8. The summed E-state index contributed by atoms with van der Waals surface area (Å²) in [6, 6.07) is 17.6. The quantitative estimate of drug-likeness (QED) is 0.359. The van der Waals surface area contributed by atoms with Gasteiger partial charge in [0.15, 0.2) is 8.24 Å². The molecule has 0 saturated carbocycles. The summed E-state index contributed by atoms with van der Waals surface area (Å²) in [5.74, 6) is 0. The van der Waals surface area contributed by atoms with E-state index in [1.807, 2.05) is 42.6 Å². The largest absolute Gasteiger partial charge is 0.298 e. The molecule has 0 aliphatic heterocycles. The number of nitrogens with zero attached hydrogens (tertiary/aromatic N) is 2. The highest BCUT2D eigenvalue weighted by Crippen LogP contribution is 2.21. The Balaban J connectivity index is 2.31. The van der Waals surface area contributed by atoms with E-state index >= 15 is 0 Å². The molecule has 0 amide bonds. The molecule has 2 aromatic rings. The molecule has 2 aromatic carbocycles. The number of hydrogen-bond acceptors (Lipinski definition) is 3. The first-order valence-corrected chi connectivity index (χ1v) is 10.4. The lowest BCUT2D eigenvalue weighted by atomic mass is 10.1. The molecule has 0 aliphatic rings. The summed E-state index contributed by atoms with van der Waals surface area (Å²) in [5.41, 5.74) is 2.69. The Morgan fingerprint density at radius 3 is 2.24 bits per heavy atom. The number of hydrazone groups is 1. The Morgan fingerprint density at radius 2 is 1.62 bits per heavy atom. The van der Waals surface area contributed by atoms with Crippen molar-refractivity contribution in [3.8, 4) is 0 Å². The van der Waals surface area contributed by atoms with Crippen molar-refractivity contribution in [2.45, 2.75) is 19.6 Å². The van der Waals surface area contributed by atoms with Gasteiger partial charge in [-0.15, -0.1) is 0 Å². The van der Waals surface area contributed by atoms with E-state index in [0.717, 1.165) is 17.5 Å². The van der Waals surface area contributed by atoms with Crippen molar-refractivity contribution in [3.05, 3.63) is 65.7 Å². The second-order valence-corrected chi connectivity index (χ2v) is 10.6. The topological polar surface area (TPSA) is 32.7 Å². The smallest absolute Gasteiger partial charge is 0.176 e. The molecule has 0 unspecified atom stereocenters. The first-order chi connectivity index (χ1) is 10.0. The van der Waals surface area contributed by atoms with Crippen molar-refractivity contribution in [2.24, 2.45) is 5.10 Å². The normalized spacial score (nSPS) is 11.6. The minimum absolute atomic E-state index is 0.665. The van der Waals surface area contributed by atoms with Crippen LogP contribution in [0.1, 0.15) is 15.9 Å². The summed E-state index contributed by atoms with van der Waals surface area (Å²) in [4.78, 5) is 10.8. The van der Waals surface area contributed by atoms with Crippen LogP contribution in [0, 0.1) is 0 Å². The van der Waals surface area contributed by atoms with Gasteiger partial charge in [-0.25, -0.2) is 0 Å². The average Bonchev–Trinajstić information content (AvgIpc) is 2.47. The molecule has 2 rings (SSSR count). The molecule has 0 bridgehead atoms. The number of carbonyl (C=O) groups excluding carboxylic acids is 1. The van der Waals surface area contributed by atoms with Crippen LogP contribution in [0.2, 0.25) is 19.6 Å². The molecule has 108 valence electrons. The van der Waals surface area contributed by atoms with Crippen LogP contribution in [0.25, 0.3) is 0 Å². The van der Waals surface area contributed by atoms with Gasteiger partial charge in [-0.05, 0) is 43.4 Å². The van der Waals surface area contributed by atoms with E-state index < -0.39 is 8.24 Å².